The summed E-state index contributed by atoms with van der Waals surface area (Å²) >= 11 is 0. The van der Waals surface area contributed by atoms with Crippen molar-refractivity contribution >= 4 is 17.7 Å². The predicted octanol–water partition coefficient (Wildman–Crippen LogP) is 3.43. The first-order valence-electron chi connectivity index (χ1n) is 10.2. The van der Waals surface area contributed by atoms with Gasteiger partial charge in [0.2, 0.25) is 11.9 Å². The van der Waals surface area contributed by atoms with Gasteiger partial charge < -0.3 is 20.5 Å². The highest BCUT2D eigenvalue weighted by atomic mass is 19.1. The van der Waals surface area contributed by atoms with Crippen LogP contribution < -0.4 is 20.5 Å². The first-order valence-corrected chi connectivity index (χ1v) is 10.2. The monoisotopic (exact) mass is 435 g/mol. The molecule has 164 valence electrons. The van der Waals surface area contributed by atoms with Gasteiger partial charge >= 0.3 is 0 Å². The summed E-state index contributed by atoms with van der Waals surface area (Å²) in [5.74, 6) is 1.27. The smallest absolute Gasteiger partial charge is 0.241 e. The standard InChI is InChI=1S/C23H22FN5O3/c1-31-18-7-6-12(11-19(18)32-2)14-9-16-20(17(30)10-14)21(13-4-3-5-15(24)8-13)29-23(26-16)27-22(25)28-29/h3-8,11,14,21H,9-10H2,1-2H3,(H3,25,26,27,28)/t14-,21+/m1/s1. The van der Waals surface area contributed by atoms with Gasteiger partial charge in [-0.2, -0.15) is 4.98 Å². The molecule has 3 N–H and O–H groups in total. The number of nitrogen functional groups attached to an aromatic ring is 1. The van der Waals surface area contributed by atoms with Crippen LogP contribution in [-0.2, 0) is 4.79 Å². The molecule has 5 rings (SSSR count). The van der Waals surface area contributed by atoms with Crippen molar-refractivity contribution in [1.29, 1.82) is 0 Å². The highest BCUT2D eigenvalue weighted by Crippen LogP contribution is 2.45. The number of nitrogens with one attached hydrogen (secondary N) is 1. The van der Waals surface area contributed by atoms with E-state index in [1.165, 1.54) is 12.1 Å². The number of rotatable bonds is 4. The molecule has 0 saturated heterocycles. The average molecular weight is 435 g/mol. The van der Waals surface area contributed by atoms with Gasteiger partial charge in [0.15, 0.2) is 17.3 Å². The number of ketones is 1. The summed E-state index contributed by atoms with van der Waals surface area (Å²) in [5.41, 5.74) is 8.73. The Balaban J connectivity index is 1.58. The van der Waals surface area contributed by atoms with Crippen molar-refractivity contribution in [3.63, 3.8) is 0 Å². The second kappa shape index (κ2) is 7.67. The number of anilines is 2. The molecular formula is C23H22FN5O3. The van der Waals surface area contributed by atoms with Crippen molar-refractivity contribution in [1.82, 2.24) is 14.8 Å². The van der Waals surface area contributed by atoms with Gasteiger partial charge in [-0.1, -0.05) is 18.2 Å². The maximum absolute atomic E-state index is 14.0. The number of nitrogens with two attached hydrogens (primary N) is 1. The number of nitrogens with zero attached hydrogens (tertiary/aromatic N) is 3. The SMILES string of the molecule is COc1ccc([C@H]2CC(=O)C3=C(C2)Nc2nc(N)nn2[C@H]3c2cccc(F)c2)cc1OC. The number of aromatic nitrogens is 3. The quantitative estimate of drug-likeness (QED) is 0.647. The lowest BCUT2D eigenvalue weighted by molar-refractivity contribution is -0.116. The number of carbonyl (C=O) groups excluding carboxylic acids is 1. The summed E-state index contributed by atoms with van der Waals surface area (Å²) in [7, 11) is 3.16. The summed E-state index contributed by atoms with van der Waals surface area (Å²) in [5, 5.41) is 7.50. The summed E-state index contributed by atoms with van der Waals surface area (Å²) in [4.78, 5) is 17.7. The Morgan fingerprint density at radius 1 is 1.09 bits per heavy atom. The Morgan fingerprint density at radius 3 is 2.66 bits per heavy atom. The molecular weight excluding hydrogens is 413 g/mol. The Labute approximate surface area is 183 Å². The molecule has 2 aromatic carbocycles. The van der Waals surface area contributed by atoms with Gasteiger partial charge in [-0.3, -0.25) is 4.79 Å². The fourth-order valence-corrected chi connectivity index (χ4v) is 4.56. The number of ether oxygens (including phenoxy) is 2. The van der Waals surface area contributed by atoms with Crippen LogP contribution in [0.25, 0.3) is 0 Å². The van der Waals surface area contributed by atoms with Crippen LogP contribution in [0, 0.1) is 5.82 Å². The van der Waals surface area contributed by atoms with E-state index < -0.39 is 6.04 Å². The Bertz CT molecular complexity index is 1250. The van der Waals surface area contributed by atoms with Crippen molar-refractivity contribution in [3.8, 4) is 11.5 Å². The van der Waals surface area contributed by atoms with Crippen LogP contribution in [0.5, 0.6) is 11.5 Å². The summed E-state index contributed by atoms with van der Waals surface area (Å²) in [6.07, 6.45) is 0.885. The Morgan fingerprint density at radius 2 is 1.91 bits per heavy atom. The van der Waals surface area contributed by atoms with Crippen LogP contribution in [0.15, 0.2) is 53.7 Å². The molecule has 3 aromatic rings. The Kier molecular flexibility index (Phi) is 4.80. The third kappa shape index (κ3) is 3.26. The molecule has 32 heavy (non-hydrogen) atoms. The largest absolute Gasteiger partial charge is 0.493 e. The molecule has 2 atom stereocenters. The number of halogens is 1. The van der Waals surface area contributed by atoms with Gasteiger partial charge in [0.05, 0.1) is 14.2 Å². The van der Waals surface area contributed by atoms with Crippen molar-refractivity contribution in [3.05, 3.63) is 70.7 Å². The number of methoxy groups -OCH3 is 2. The average Bonchev–Trinajstić information content (AvgIpc) is 3.16. The second-order valence-corrected chi connectivity index (χ2v) is 7.86. The predicted molar refractivity (Wildman–Crippen MR) is 116 cm³/mol. The zero-order chi connectivity index (χ0) is 22.4. The molecule has 0 saturated carbocycles. The van der Waals surface area contributed by atoms with E-state index in [9.17, 15) is 9.18 Å². The maximum Gasteiger partial charge on any atom is 0.241 e. The van der Waals surface area contributed by atoms with Gasteiger partial charge in [-0.15, -0.1) is 5.10 Å². The highest BCUT2D eigenvalue weighted by molar-refractivity contribution is 6.00. The molecule has 1 aromatic heterocycles. The van der Waals surface area contributed by atoms with E-state index >= 15 is 0 Å². The molecule has 2 heterocycles. The molecule has 0 fully saturated rings. The summed E-state index contributed by atoms with van der Waals surface area (Å²) in [6.45, 7) is 0. The lowest BCUT2D eigenvalue weighted by Gasteiger charge is -2.35. The van der Waals surface area contributed by atoms with Gasteiger partial charge in [0, 0.05) is 17.7 Å². The molecule has 1 aliphatic carbocycles. The molecule has 0 amide bonds. The lowest BCUT2D eigenvalue weighted by atomic mass is 9.78. The normalized spacial score (nSPS) is 19.8. The van der Waals surface area contributed by atoms with Gasteiger partial charge in [-0.25, -0.2) is 9.07 Å². The molecule has 9 heteroatoms. The number of hydrogen-bond acceptors (Lipinski definition) is 7. The first-order chi connectivity index (χ1) is 15.5. The first kappa shape index (κ1) is 20.0. The number of benzene rings is 2. The van der Waals surface area contributed by atoms with Gasteiger partial charge in [0.1, 0.15) is 11.9 Å². The topological polar surface area (TPSA) is 104 Å². The molecule has 0 spiro atoms. The zero-order valence-corrected chi connectivity index (χ0v) is 17.6. The molecule has 0 bridgehead atoms. The van der Waals surface area contributed by atoms with Gasteiger partial charge in [0.25, 0.3) is 0 Å². The maximum atomic E-state index is 14.0. The van der Waals surface area contributed by atoms with Crippen LogP contribution in [0.3, 0.4) is 0 Å². The van der Waals surface area contributed by atoms with Crippen molar-refractivity contribution in [2.24, 2.45) is 0 Å². The third-order valence-electron chi connectivity index (χ3n) is 5.98. The van der Waals surface area contributed by atoms with E-state index in [2.05, 4.69) is 15.4 Å². The number of fused-ring (bicyclic) bond motifs is 1. The molecule has 8 nitrogen and oxygen atoms in total. The van der Waals surface area contributed by atoms with Crippen LogP contribution in [-0.4, -0.2) is 34.8 Å². The number of allylic oxidation sites excluding steroid dienone is 2. The summed E-state index contributed by atoms with van der Waals surface area (Å²) in [6, 6.07) is 11.3. The van der Waals surface area contributed by atoms with E-state index in [0.29, 0.717) is 41.4 Å². The lowest BCUT2D eigenvalue weighted by Crippen LogP contribution is -2.33. The molecule has 2 aliphatic rings. The van der Waals surface area contributed by atoms with E-state index in [0.717, 1.165) is 11.3 Å². The van der Waals surface area contributed by atoms with Crippen molar-refractivity contribution < 1.29 is 18.7 Å². The van der Waals surface area contributed by atoms with E-state index in [1.807, 2.05) is 18.2 Å². The minimum atomic E-state index is -0.597. The van der Waals surface area contributed by atoms with Crippen LogP contribution in [0.4, 0.5) is 16.3 Å². The number of Topliss-reactive ketones (excluding diaryl/α,β-unsaturated/α-hetero) is 1. The fourth-order valence-electron chi connectivity index (χ4n) is 4.56. The second-order valence-electron chi connectivity index (χ2n) is 7.86. The summed E-state index contributed by atoms with van der Waals surface area (Å²) < 4.78 is 26.3. The molecule has 1 aliphatic heterocycles. The minimum Gasteiger partial charge on any atom is -0.493 e. The zero-order valence-electron chi connectivity index (χ0n) is 17.6. The number of hydrogen-bond donors (Lipinski definition) is 2. The fraction of sp³-hybridized carbons (Fsp3) is 0.261. The minimum absolute atomic E-state index is 0.0347. The van der Waals surface area contributed by atoms with E-state index in [4.69, 9.17) is 15.2 Å². The molecule has 0 unspecified atom stereocenters. The Hall–Kier alpha value is -3.88. The van der Waals surface area contributed by atoms with Crippen LogP contribution >= 0.6 is 0 Å². The molecule has 0 radical (unpaired) electrons. The van der Waals surface area contributed by atoms with Gasteiger partial charge in [-0.05, 0) is 47.7 Å². The van der Waals surface area contributed by atoms with E-state index in [1.54, 1.807) is 31.0 Å². The van der Waals surface area contributed by atoms with Crippen LogP contribution in [0.1, 0.15) is 35.9 Å². The number of carbonyl (C=O) groups is 1. The van der Waals surface area contributed by atoms with E-state index in [-0.39, 0.29) is 23.5 Å². The van der Waals surface area contributed by atoms with Crippen LogP contribution in [0.2, 0.25) is 0 Å². The highest BCUT2D eigenvalue weighted by Gasteiger charge is 2.40. The third-order valence-corrected chi connectivity index (χ3v) is 5.98. The van der Waals surface area contributed by atoms with Crippen molar-refractivity contribution in [2.45, 2.75) is 24.8 Å². The van der Waals surface area contributed by atoms with Crippen molar-refractivity contribution in [2.75, 3.05) is 25.3 Å².